The third-order valence-corrected chi connectivity index (χ3v) is 4.07. The number of hydrogen-bond acceptors (Lipinski definition) is 3. The molecule has 1 aliphatic heterocycles. The van der Waals surface area contributed by atoms with Crippen LogP contribution in [0.5, 0.6) is 0 Å². The summed E-state index contributed by atoms with van der Waals surface area (Å²) < 4.78 is 0.641. The summed E-state index contributed by atoms with van der Waals surface area (Å²) in [6.07, 6.45) is 2.45. The minimum absolute atomic E-state index is 0.130. The molecular formula is C14H18BrN3O3. The monoisotopic (exact) mass is 355 g/mol. The van der Waals surface area contributed by atoms with E-state index >= 15 is 0 Å². The number of likely N-dealkylation sites (tertiary alicyclic amines) is 1. The van der Waals surface area contributed by atoms with Gasteiger partial charge in [0.25, 0.3) is 0 Å². The number of carbonyl (C=O) groups excluding carboxylic acids is 1. The molecule has 2 rings (SSSR count). The molecule has 1 heterocycles. The molecule has 3 N–H and O–H groups in total. The van der Waals surface area contributed by atoms with Gasteiger partial charge in [0.2, 0.25) is 0 Å². The predicted molar refractivity (Wildman–Crippen MR) is 83.8 cm³/mol. The summed E-state index contributed by atoms with van der Waals surface area (Å²) in [5.41, 5.74) is 0.569. The molecule has 0 atom stereocenters. The third-order valence-electron chi connectivity index (χ3n) is 3.37. The van der Waals surface area contributed by atoms with Crippen molar-refractivity contribution in [3.05, 3.63) is 28.2 Å². The van der Waals surface area contributed by atoms with Gasteiger partial charge in [-0.05, 0) is 60.1 Å². The Hall–Kier alpha value is -1.60. The highest BCUT2D eigenvalue weighted by Gasteiger charge is 2.12. The summed E-state index contributed by atoms with van der Waals surface area (Å²) in [7, 11) is 0. The van der Waals surface area contributed by atoms with E-state index in [0.29, 0.717) is 16.7 Å². The van der Waals surface area contributed by atoms with Gasteiger partial charge in [-0.2, -0.15) is 0 Å². The van der Waals surface area contributed by atoms with Gasteiger partial charge in [0, 0.05) is 17.6 Å². The number of amides is 2. The summed E-state index contributed by atoms with van der Waals surface area (Å²) >= 11 is 3.29. The van der Waals surface area contributed by atoms with Gasteiger partial charge in [0.05, 0.1) is 11.3 Å². The second kappa shape index (κ2) is 7.42. The van der Waals surface area contributed by atoms with Crippen molar-refractivity contribution in [2.45, 2.75) is 12.8 Å². The highest BCUT2D eigenvalue weighted by atomic mass is 79.9. The molecule has 0 aliphatic carbocycles. The van der Waals surface area contributed by atoms with Gasteiger partial charge in [-0.15, -0.1) is 0 Å². The number of urea groups is 1. The molecule has 2 amide bonds. The molecule has 1 saturated heterocycles. The molecule has 0 aromatic heterocycles. The van der Waals surface area contributed by atoms with Gasteiger partial charge in [0.15, 0.2) is 0 Å². The molecule has 0 unspecified atom stereocenters. The standard InChI is InChI=1S/C14H18BrN3O3/c15-11-4-3-10(13(19)20)9-12(11)17-14(21)16-5-8-18-6-1-2-7-18/h3-4,9H,1-2,5-8H2,(H,19,20)(H2,16,17,21). The van der Waals surface area contributed by atoms with Gasteiger partial charge in [-0.3, -0.25) is 0 Å². The van der Waals surface area contributed by atoms with E-state index in [2.05, 4.69) is 31.5 Å². The van der Waals surface area contributed by atoms with Crippen molar-refractivity contribution in [1.82, 2.24) is 10.2 Å². The Morgan fingerprint density at radius 2 is 2.00 bits per heavy atom. The molecule has 1 fully saturated rings. The molecule has 1 aromatic rings. The number of carboxylic acid groups (broad SMARTS) is 1. The van der Waals surface area contributed by atoms with Crippen LogP contribution >= 0.6 is 15.9 Å². The van der Waals surface area contributed by atoms with Crippen molar-refractivity contribution in [2.24, 2.45) is 0 Å². The number of halogens is 1. The van der Waals surface area contributed by atoms with Crippen LogP contribution in [0.3, 0.4) is 0 Å². The largest absolute Gasteiger partial charge is 0.478 e. The fourth-order valence-corrected chi connectivity index (χ4v) is 2.60. The Labute approximate surface area is 131 Å². The number of aromatic carboxylic acids is 1. The maximum absolute atomic E-state index is 11.8. The fourth-order valence-electron chi connectivity index (χ4n) is 2.25. The number of nitrogens with zero attached hydrogens (tertiary/aromatic N) is 1. The van der Waals surface area contributed by atoms with Gasteiger partial charge < -0.3 is 20.6 Å². The third kappa shape index (κ3) is 4.71. The van der Waals surface area contributed by atoms with Crippen LogP contribution in [-0.4, -0.2) is 48.2 Å². The zero-order valence-corrected chi connectivity index (χ0v) is 13.1. The maximum Gasteiger partial charge on any atom is 0.335 e. The summed E-state index contributed by atoms with van der Waals surface area (Å²) in [5.74, 6) is -1.03. The average Bonchev–Trinajstić information content (AvgIpc) is 2.94. The van der Waals surface area contributed by atoms with E-state index in [4.69, 9.17) is 5.11 Å². The SMILES string of the molecule is O=C(NCCN1CCCC1)Nc1cc(C(=O)O)ccc1Br. The maximum atomic E-state index is 11.8. The van der Waals surface area contributed by atoms with Crippen molar-refractivity contribution < 1.29 is 14.7 Å². The first-order chi connectivity index (χ1) is 10.1. The molecule has 1 aliphatic rings. The van der Waals surface area contributed by atoms with E-state index in [0.717, 1.165) is 19.6 Å². The van der Waals surface area contributed by atoms with Crippen LogP contribution in [0.15, 0.2) is 22.7 Å². The van der Waals surface area contributed by atoms with Crippen LogP contribution in [0, 0.1) is 0 Å². The Morgan fingerprint density at radius 3 is 2.67 bits per heavy atom. The lowest BCUT2D eigenvalue weighted by molar-refractivity contribution is 0.0697. The van der Waals surface area contributed by atoms with Crippen molar-refractivity contribution in [1.29, 1.82) is 0 Å². The minimum Gasteiger partial charge on any atom is -0.478 e. The normalized spacial score (nSPS) is 14.9. The Morgan fingerprint density at radius 1 is 1.29 bits per heavy atom. The number of rotatable bonds is 5. The summed E-state index contributed by atoms with van der Waals surface area (Å²) in [6, 6.07) is 4.16. The number of anilines is 1. The van der Waals surface area contributed by atoms with Crippen molar-refractivity contribution in [3.63, 3.8) is 0 Å². The number of hydrogen-bond donors (Lipinski definition) is 3. The van der Waals surface area contributed by atoms with Crippen LogP contribution in [0.2, 0.25) is 0 Å². The molecule has 0 radical (unpaired) electrons. The van der Waals surface area contributed by atoms with Gasteiger partial charge >= 0.3 is 12.0 Å². The van der Waals surface area contributed by atoms with Crippen molar-refractivity contribution in [2.75, 3.05) is 31.5 Å². The van der Waals surface area contributed by atoms with E-state index in [9.17, 15) is 9.59 Å². The van der Waals surface area contributed by atoms with E-state index in [-0.39, 0.29) is 11.6 Å². The Bertz CT molecular complexity index is 530. The molecule has 0 saturated carbocycles. The zero-order chi connectivity index (χ0) is 15.2. The number of carbonyl (C=O) groups is 2. The molecular weight excluding hydrogens is 338 g/mol. The van der Waals surface area contributed by atoms with Crippen LogP contribution in [0.25, 0.3) is 0 Å². The second-order valence-corrected chi connectivity index (χ2v) is 5.78. The molecule has 0 spiro atoms. The van der Waals surface area contributed by atoms with E-state index in [1.54, 1.807) is 6.07 Å². The van der Waals surface area contributed by atoms with E-state index in [1.807, 2.05) is 0 Å². The van der Waals surface area contributed by atoms with Gasteiger partial charge in [0.1, 0.15) is 0 Å². The quantitative estimate of drug-likeness (QED) is 0.757. The lowest BCUT2D eigenvalue weighted by Crippen LogP contribution is -2.36. The number of carboxylic acids is 1. The lowest BCUT2D eigenvalue weighted by atomic mass is 10.2. The van der Waals surface area contributed by atoms with E-state index < -0.39 is 5.97 Å². The van der Waals surface area contributed by atoms with E-state index in [1.165, 1.54) is 25.0 Å². The predicted octanol–water partition coefficient (Wildman–Crippen LogP) is 2.36. The summed E-state index contributed by atoms with van der Waals surface area (Å²) in [5, 5.41) is 14.4. The second-order valence-electron chi connectivity index (χ2n) is 4.93. The minimum atomic E-state index is -1.03. The van der Waals surface area contributed by atoms with Crippen LogP contribution < -0.4 is 10.6 Å². The number of benzene rings is 1. The van der Waals surface area contributed by atoms with Crippen LogP contribution in [0.1, 0.15) is 23.2 Å². The summed E-state index contributed by atoms with van der Waals surface area (Å²) in [4.78, 5) is 25.0. The highest BCUT2D eigenvalue weighted by molar-refractivity contribution is 9.10. The van der Waals surface area contributed by atoms with Crippen LogP contribution in [-0.2, 0) is 0 Å². The van der Waals surface area contributed by atoms with Gasteiger partial charge in [-0.25, -0.2) is 9.59 Å². The zero-order valence-electron chi connectivity index (χ0n) is 11.6. The molecule has 21 heavy (non-hydrogen) atoms. The topological polar surface area (TPSA) is 81.7 Å². The fraction of sp³-hybridized carbons (Fsp3) is 0.429. The number of nitrogens with one attached hydrogen (secondary N) is 2. The van der Waals surface area contributed by atoms with Gasteiger partial charge in [-0.1, -0.05) is 0 Å². The summed E-state index contributed by atoms with van der Waals surface area (Å²) in [6.45, 7) is 3.59. The highest BCUT2D eigenvalue weighted by Crippen LogP contribution is 2.23. The first kappa shape index (κ1) is 15.8. The molecule has 6 nitrogen and oxygen atoms in total. The first-order valence-electron chi connectivity index (χ1n) is 6.86. The Balaban J connectivity index is 1.84. The van der Waals surface area contributed by atoms with Crippen molar-refractivity contribution in [3.8, 4) is 0 Å². The molecule has 0 bridgehead atoms. The molecule has 114 valence electrons. The molecule has 1 aromatic carbocycles. The molecule has 7 heteroatoms. The lowest BCUT2D eigenvalue weighted by Gasteiger charge is -2.15. The smallest absolute Gasteiger partial charge is 0.335 e. The Kier molecular flexibility index (Phi) is 5.58. The van der Waals surface area contributed by atoms with Crippen molar-refractivity contribution >= 4 is 33.6 Å². The average molecular weight is 356 g/mol. The van der Waals surface area contributed by atoms with Crippen LogP contribution in [0.4, 0.5) is 10.5 Å². The first-order valence-corrected chi connectivity index (χ1v) is 7.65.